The number of hydrogen-bond acceptors (Lipinski definition) is 2. The van der Waals surface area contributed by atoms with Gasteiger partial charge >= 0.3 is 6.09 Å². The molecule has 0 aromatic carbocycles. The highest BCUT2D eigenvalue weighted by Gasteiger charge is 1.99. The summed E-state index contributed by atoms with van der Waals surface area (Å²) in [6, 6.07) is -0.146. The van der Waals surface area contributed by atoms with Gasteiger partial charge in [0.05, 0.1) is 0 Å². The smallest absolute Gasteiger partial charge is 0.404 e. The Labute approximate surface area is 47.7 Å². The van der Waals surface area contributed by atoms with Crippen LogP contribution in [0.15, 0.2) is 0 Å². The van der Waals surface area contributed by atoms with E-state index in [2.05, 4.69) is 5.32 Å². The van der Waals surface area contributed by atoms with E-state index in [0.717, 1.165) is 0 Å². The van der Waals surface area contributed by atoms with E-state index in [0.29, 0.717) is 6.54 Å². The Kier molecular flexibility index (Phi) is 2.95. The Morgan fingerprint density at radius 3 is 2.62 bits per heavy atom. The standard InChI is InChI=1S/C4H10N2O2/c1-3(2-5)6-4(7)8/h3,6H,2,5H2,1H3,(H,7,8)/t3-/m1/s1. The van der Waals surface area contributed by atoms with Crippen LogP contribution >= 0.6 is 0 Å². The van der Waals surface area contributed by atoms with Crippen LogP contribution in [0.5, 0.6) is 0 Å². The van der Waals surface area contributed by atoms with Gasteiger partial charge in [0.1, 0.15) is 0 Å². The van der Waals surface area contributed by atoms with E-state index >= 15 is 0 Å². The Morgan fingerprint density at radius 1 is 2.00 bits per heavy atom. The molecule has 0 aliphatic rings. The first-order valence-electron chi connectivity index (χ1n) is 2.36. The molecule has 4 nitrogen and oxygen atoms in total. The zero-order valence-electron chi connectivity index (χ0n) is 4.72. The predicted octanol–water partition coefficient (Wildman–Crippen LogP) is -0.399. The molecule has 0 aromatic rings. The van der Waals surface area contributed by atoms with E-state index in [1.165, 1.54) is 0 Å². The zero-order valence-corrected chi connectivity index (χ0v) is 4.72. The quantitative estimate of drug-likeness (QED) is 0.462. The van der Waals surface area contributed by atoms with E-state index in [1.54, 1.807) is 6.92 Å². The van der Waals surface area contributed by atoms with Crippen molar-refractivity contribution in [2.24, 2.45) is 5.73 Å². The summed E-state index contributed by atoms with van der Waals surface area (Å²) in [5.41, 5.74) is 5.09. The first-order chi connectivity index (χ1) is 3.66. The van der Waals surface area contributed by atoms with Crippen molar-refractivity contribution in [3.63, 3.8) is 0 Å². The largest absolute Gasteiger partial charge is 0.465 e. The highest BCUT2D eigenvalue weighted by molar-refractivity contribution is 5.64. The molecule has 8 heavy (non-hydrogen) atoms. The van der Waals surface area contributed by atoms with Gasteiger partial charge in [0.2, 0.25) is 0 Å². The second-order valence-corrected chi connectivity index (χ2v) is 1.59. The molecule has 0 aromatic heterocycles. The summed E-state index contributed by atoms with van der Waals surface area (Å²) in [6.45, 7) is 2.04. The average molecular weight is 118 g/mol. The summed E-state index contributed by atoms with van der Waals surface area (Å²) in [4.78, 5) is 9.80. The number of carbonyl (C=O) groups is 1. The van der Waals surface area contributed by atoms with Crippen LogP contribution in [0.1, 0.15) is 6.92 Å². The molecule has 0 radical (unpaired) electrons. The fourth-order valence-electron chi connectivity index (χ4n) is 0.270. The lowest BCUT2D eigenvalue weighted by atomic mass is 10.3. The molecule has 0 rings (SSSR count). The number of nitrogens with one attached hydrogen (secondary N) is 1. The zero-order chi connectivity index (χ0) is 6.57. The topological polar surface area (TPSA) is 75.3 Å². The predicted molar refractivity (Wildman–Crippen MR) is 29.7 cm³/mol. The second kappa shape index (κ2) is 3.26. The van der Waals surface area contributed by atoms with Crippen molar-refractivity contribution in [2.75, 3.05) is 6.54 Å². The van der Waals surface area contributed by atoms with Gasteiger partial charge < -0.3 is 16.2 Å². The van der Waals surface area contributed by atoms with Crippen LogP contribution in [-0.2, 0) is 0 Å². The summed E-state index contributed by atoms with van der Waals surface area (Å²) >= 11 is 0. The molecule has 4 N–H and O–H groups in total. The third-order valence-corrected chi connectivity index (χ3v) is 0.723. The maximum atomic E-state index is 9.80. The van der Waals surface area contributed by atoms with Crippen molar-refractivity contribution in [1.82, 2.24) is 5.32 Å². The molecule has 0 saturated carbocycles. The van der Waals surface area contributed by atoms with E-state index in [9.17, 15) is 4.79 Å². The van der Waals surface area contributed by atoms with Crippen LogP contribution < -0.4 is 11.1 Å². The van der Waals surface area contributed by atoms with Crippen molar-refractivity contribution in [2.45, 2.75) is 13.0 Å². The van der Waals surface area contributed by atoms with Crippen molar-refractivity contribution in [3.8, 4) is 0 Å². The number of rotatable bonds is 2. The van der Waals surface area contributed by atoms with Crippen molar-refractivity contribution < 1.29 is 9.90 Å². The second-order valence-electron chi connectivity index (χ2n) is 1.59. The van der Waals surface area contributed by atoms with Gasteiger partial charge in [0, 0.05) is 12.6 Å². The number of carboxylic acid groups (broad SMARTS) is 1. The van der Waals surface area contributed by atoms with Crippen molar-refractivity contribution in [3.05, 3.63) is 0 Å². The SMILES string of the molecule is C[C@H](CN)NC(=O)O. The number of nitrogens with two attached hydrogens (primary N) is 1. The fraction of sp³-hybridized carbons (Fsp3) is 0.750. The minimum Gasteiger partial charge on any atom is -0.465 e. The van der Waals surface area contributed by atoms with E-state index < -0.39 is 6.09 Å². The summed E-state index contributed by atoms with van der Waals surface area (Å²) in [6.07, 6.45) is -1.03. The van der Waals surface area contributed by atoms with Gasteiger partial charge in [-0.3, -0.25) is 0 Å². The summed E-state index contributed by atoms with van der Waals surface area (Å²) in [7, 11) is 0. The molecular formula is C4H10N2O2. The molecule has 0 aliphatic carbocycles. The van der Waals surface area contributed by atoms with Gasteiger partial charge in [-0.25, -0.2) is 4.79 Å². The third kappa shape index (κ3) is 3.42. The Bertz CT molecular complexity index is 84.1. The van der Waals surface area contributed by atoms with E-state index in [4.69, 9.17) is 10.8 Å². The van der Waals surface area contributed by atoms with Gasteiger partial charge in [0.25, 0.3) is 0 Å². The normalized spacial score (nSPS) is 12.8. The lowest BCUT2D eigenvalue weighted by molar-refractivity contribution is 0.191. The highest BCUT2D eigenvalue weighted by atomic mass is 16.4. The molecule has 0 aliphatic heterocycles. The lowest BCUT2D eigenvalue weighted by Gasteiger charge is -2.05. The van der Waals surface area contributed by atoms with Crippen LogP contribution in [-0.4, -0.2) is 23.8 Å². The van der Waals surface area contributed by atoms with Crippen LogP contribution in [0, 0.1) is 0 Å². The first-order valence-corrected chi connectivity index (χ1v) is 2.36. The number of amides is 1. The maximum Gasteiger partial charge on any atom is 0.404 e. The Balaban J connectivity index is 3.24. The van der Waals surface area contributed by atoms with Gasteiger partial charge in [-0.05, 0) is 6.92 Å². The molecule has 4 heteroatoms. The average Bonchev–Trinajstić information content (AvgIpc) is 1.65. The molecular weight excluding hydrogens is 108 g/mol. The molecule has 0 bridgehead atoms. The maximum absolute atomic E-state index is 9.80. The van der Waals surface area contributed by atoms with Crippen LogP contribution in [0.4, 0.5) is 4.79 Å². The molecule has 48 valence electrons. The van der Waals surface area contributed by atoms with Crippen molar-refractivity contribution in [1.29, 1.82) is 0 Å². The van der Waals surface area contributed by atoms with E-state index in [-0.39, 0.29) is 6.04 Å². The molecule has 1 amide bonds. The number of hydrogen-bond donors (Lipinski definition) is 3. The Morgan fingerprint density at radius 2 is 2.50 bits per heavy atom. The molecule has 0 fully saturated rings. The van der Waals surface area contributed by atoms with Crippen LogP contribution in [0.2, 0.25) is 0 Å². The summed E-state index contributed by atoms with van der Waals surface area (Å²) in [5.74, 6) is 0. The third-order valence-electron chi connectivity index (χ3n) is 0.723. The monoisotopic (exact) mass is 118 g/mol. The van der Waals surface area contributed by atoms with Crippen molar-refractivity contribution >= 4 is 6.09 Å². The van der Waals surface area contributed by atoms with Gasteiger partial charge in [-0.2, -0.15) is 0 Å². The molecule has 0 heterocycles. The molecule has 0 saturated heterocycles. The van der Waals surface area contributed by atoms with Gasteiger partial charge in [0.15, 0.2) is 0 Å². The highest BCUT2D eigenvalue weighted by Crippen LogP contribution is 1.73. The van der Waals surface area contributed by atoms with Gasteiger partial charge in [-0.1, -0.05) is 0 Å². The fourth-order valence-corrected chi connectivity index (χ4v) is 0.270. The van der Waals surface area contributed by atoms with Gasteiger partial charge in [-0.15, -0.1) is 0 Å². The summed E-state index contributed by atoms with van der Waals surface area (Å²) in [5, 5.41) is 10.2. The lowest BCUT2D eigenvalue weighted by Crippen LogP contribution is -2.36. The first kappa shape index (κ1) is 7.23. The minimum atomic E-state index is -1.03. The molecule has 1 atom stereocenters. The summed E-state index contributed by atoms with van der Waals surface area (Å²) < 4.78 is 0. The van der Waals surface area contributed by atoms with E-state index in [1.807, 2.05) is 0 Å². The van der Waals surface area contributed by atoms with Crippen LogP contribution in [0.3, 0.4) is 0 Å². The Hall–Kier alpha value is -0.770. The van der Waals surface area contributed by atoms with Crippen LogP contribution in [0.25, 0.3) is 0 Å². The molecule has 0 spiro atoms. The minimum absolute atomic E-state index is 0.146. The molecule has 0 unspecified atom stereocenters.